The number of halogens is 3. The monoisotopic (exact) mass is 330 g/mol. The van der Waals surface area contributed by atoms with Crippen LogP contribution in [0, 0.1) is 0 Å². The van der Waals surface area contributed by atoms with Gasteiger partial charge in [-0.2, -0.15) is 13.2 Å². The van der Waals surface area contributed by atoms with Crippen LogP contribution in [0.4, 0.5) is 13.2 Å². The summed E-state index contributed by atoms with van der Waals surface area (Å²) < 4.78 is 38.0. The number of alkyl halides is 3. The van der Waals surface area contributed by atoms with Gasteiger partial charge in [0.15, 0.2) is 0 Å². The van der Waals surface area contributed by atoms with Gasteiger partial charge in [0.25, 0.3) is 0 Å². The fourth-order valence-corrected chi connectivity index (χ4v) is 2.72. The van der Waals surface area contributed by atoms with Gasteiger partial charge in [-0.3, -0.25) is 9.69 Å². The van der Waals surface area contributed by atoms with Crippen molar-refractivity contribution >= 4 is 5.91 Å². The number of amides is 1. The van der Waals surface area contributed by atoms with E-state index in [1.165, 1.54) is 12.1 Å². The third-order valence-corrected chi connectivity index (χ3v) is 4.13. The highest BCUT2D eigenvalue weighted by atomic mass is 19.4. The summed E-state index contributed by atoms with van der Waals surface area (Å²) in [6, 6.07) is 4.86. The average molecular weight is 330 g/mol. The predicted molar refractivity (Wildman–Crippen MR) is 79.7 cm³/mol. The predicted octanol–water partition coefficient (Wildman–Crippen LogP) is 2.34. The maximum absolute atomic E-state index is 12.7. The highest BCUT2D eigenvalue weighted by Gasteiger charge is 2.31. The number of rotatable bonds is 5. The SMILES string of the molecule is C[C@@H]1CCCN1CC(=O)NC[C@@H](O)c1cccc(C(F)(F)F)c1. The van der Waals surface area contributed by atoms with Crippen LogP contribution in [0.15, 0.2) is 24.3 Å². The number of likely N-dealkylation sites (tertiary alicyclic amines) is 1. The average Bonchev–Trinajstić information content (AvgIpc) is 2.89. The van der Waals surface area contributed by atoms with Gasteiger partial charge >= 0.3 is 6.18 Å². The van der Waals surface area contributed by atoms with Gasteiger partial charge in [-0.05, 0) is 44.0 Å². The Bertz CT molecular complexity index is 548. The molecule has 2 rings (SSSR count). The van der Waals surface area contributed by atoms with Crippen LogP contribution in [0.3, 0.4) is 0 Å². The first kappa shape index (κ1) is 17.7. The highest BCUT2D eigenvalue weighted by Crippen LogP contribution is 2.30. The van der Waals surface area contributed by atoms with Crippen LogP contribution in [0.2, 0.25) is 0 Å². The Morgan fingerprint density at radius 2 is 2.22 bits per heavy atom. The fourth-order valence-electron chi connectivity index (χ4n) is 2.72. The Morgan fingerprint density at radius 3 is 2.83 bits per heavy atom. The Kier molecular flexibility index (Phi) is 5.64. The molecule has 0 saturated carbocycles. The third-order valence-electron chi connectivity index (χ3n) is 4.13. The molecular formula is C16H21F3N2O2. The van der Waals surface area contributed by atoms with Gasteiger partial charge in [0, 0.05) is 12.6 Å². The summed E-state index contributed by atoms with van der Waals surface area (Å²) in [6.07, 6.45) is -3.51. The summed E-state index contributed by atoms with van der Waals surface area (Å²) in [5, 5.41) is 12.6. The van der Waals surface area contributed by atoms with Crippen molar-refractivity contribution in [1.82, 2.24) is 10.2 Å². The minimum absolute atomic E-state index is 0.109. The van der Waals surface area contributed by atoms with Crippen LogP contribution < -0.4 is 5.32 Å². The zero-order valence-corrected chi connectivity index (χ0v) is 12.9. The second kappa shape index (κ2) is 7.31. The topological polar surface area (TPSA) is 52.6 Å². The smallest absolute Gasteiger partial charge is 0.387 e. The number of aliphatic hydroxyl groups is 1. The molecule has 2 atom stereocenters. The number of hydrogen-bond acceptors (Lipinski definition) is 3. The lowest BCUT2D eigenvalue weighted by Gasteiger charge is -2.21. The maximum Gasteiger partial charge on any atom is 0.416 e. The molecule has 1 fully saturated rings. The molecule has 1 aliphatic rings. The lowest BCUT2D eigenvalue weighted by atomic mass is 10.1. The molecule has 1 amide bonds. The zero-order valence-electron chi connectivity index (χ0n) is 12.9. The van der Waals surface area contributed by atoms with E-state index in [4.69, 9.17) is 0 Å². The molecule has 2 N–H and O–H groups in total. The van der Waals surface area contributed by atoms with Crippen LogP contribution in [0.1, 0.15) is 37.0 Å². The van der Waals surface area contributed by atoms with Gasteiger partial charge in [-0.1, -0.05) is 12.1 Å². The lowest BCUT2D eigenvalue weighted by Crippen LogP contribution is -2.40. The summed E-state index contributed by atoms with van der Waals surface area (Å²) in [6.45, 7) is 3.06. The third kappa shape index (κ3) is 4.94. The van der Waals surface area contributed by atoms with Gasteiger partial charge in [-0.15, -0.1) is 0 Å². The molecule has 1 heterocycles. The first-order valence-corrected chi connectivity index (χ1v) is 7.63. The van der Waals surface area contributed by atoms with Crippen LogP contribution in [-0.4, -0.2) is 41.6 Å². The molecule has 1 aromatic rings. The first-order valence-electron chi connectivity index (χ1n) is 7.63. The molecule has 0 aromatic heterocycles. The van der Waals surface area contributed by atoms with Crippen molar-refractivity contribution in [2.45, 2.75) is 38.1 Å². The molecule has 0 radical (unpaired) electrons. The van der Waals surface area contributed by atoms with E-state index >= 15 is 0 Å². The van der Waals surface area contributed by atoms with E-state index in [9.17, 15) is 23.1 Å². The minimum atomic E-state index is -4.45. The number of hydrogen-bond donors (Lipinski definition) is 2. The van der Waals surface area contributed by atoms with E-state index in [-0.39, 0.29) is 24.6 Å². The van der Waals surface area contributed by atoms with Crippen molar-refractivity contribution in [2.75, 3.05) is 19.6 Å². The number of carbonyl (C=O) groups is 1. The Labute approximate surface area is 133 Å². The molecule has 1 aromatic carbocycles. The molecule has 7 heteroatoms. The largest absolute Gasteiger partial charge is 0.416 e. The summed E-state index contributed by atoms with van der Waals surface area (Å²) in [5.74, 6) is -0.232. The van der Waals surface area contributed by atoms with Crippen LogP contribution in [-0.2, 0) is 11.0 Å². The zero-order chi connectivity index (χ0) is 17.0. The van der Waals surface area contributed by atoms with Crippen molar-refractivity contribution in [3.05, 3.63) is 35.4 Å². The van der Waals surface area contributed by atoms with E-state index in [1.54, 1.807) is 0 Å². The maximum atomic E-state index is 12.7. The molecule has 0 bridgehead atoms. The van der Waals surface area contributed by atoms with Gasteiger partial charge < -0.3 is 10.4 Å². The normalized spacial score (nSPS) is 20.5. The molecular weight excluding hydrogens is 309 g/mol. The Hall–Kier alpha value is -1.60. The standard InChI is InChI=1S/C16H21F3N2O2/c1-11-4-3-7-21(11)10-15(23)20-9-14(22)12-5-2-6-13(8-12)16(17,18)19/h2,5-6,8,11,14,22H,3-4,7,9-10H2,1H3,(H,20,23)/t11-,14-/m1/s1. The van der Waals surface area contributed by atoms with E-state index in [0.29, 0.717) is 6.04 Å². The van der Waals surface area contributed by atoms with Crippen molar-refractivity contribution < 1.29 is 23.1 Å². The number of aliphatic hydroxyl groups excluding tert-OH is 1. The van der Waals surface area contributed by atoms with E-state index in [2.05, 4.69) is 12.2 Å². The number of carbonyl (C=O) groups excluding carboxylic acids is 1. The van der Waals surface area contributed by atoms with E-state index in [1.807, 2.05) is 4.90 Å². The molecule has 23 heavy (non-hydrogen) atoms. The van der Waals surface area contributed by atoms with Gasteiger partial charge in [0.2, 0.25) is 5.91 Å². The minimum Gasteiger partial charge on any atom is -0.387 e. The van der Waals surface area contributed by atoms with E-state index in [0.717, 1.165) is 31.5 Å². The summed E-state index contributed by atoms with van der Waals surface area (Å²) >= 11 is 0. The Balaban J connectivity index is 1.87. The molecule has 0 unspecified atom stereocenters. The Morgan fingerprint density at radius 1 is 1.48 bits per heavy atom. The van der Waals surface area contributed by atoms with Crippen molar-refractivity contribution in [2.24, 2.45) is 0 Å². The van der Waals surface area contributed by atoms with Crippen LogP contribution >= 0.6 is 0 Å². The number of nitrogens with zero attached hydrogens (tertiary/aromatic N) is 1. The van der Waals surface area contributed by atoms with Crippen LogP contribution in [0.25, 0.3) is 0 Å². The fraction of sp³-hybridized carbons (Fsp3) is 0.562. The summed E-state index contributed by atoms with van der Waals surface area (Å²) in [7, 11) is 0. The van der Waals surface area contributed by atoms with Crippen molar-refractivity contribution in [3.63, 3.8) is 0 Å². The lowest BCUT2D eigenvalue weighted by molar-refractivity contribution is -0.137. The van der Waals surface area contributed by atoms with Crippen molar-refractivity contribution in [3.8, 4) is 0 Å². The second-order valence-corrected chi connectivity index (χ2v) is 5.90. The molecule has 0 aliphatic carbocycles. The first-order chi connectivity index (χ1) is 10.8. The number of nitrogens with one attached hydrogen (secondary N) is 1. The molecule has 0 spiro atoms. The highest BCUT2D eigenvalue weighted by molar-refractivity contribution is 5.78. The van der Waals surface area contributed by atoms with Crippen LogP contribution in [0.5, 0.6) is 0 Å². The van der Waals surface area contributed by atoms with Gasteiger partial charge in [-0.25, -0.2) is 0 Å². The van der Waals surface area contributed by atoms with Gasteiger partial charge in [0.05, 0.1) is 18.2 Å². The van der Waals surface area contributed by atoms with Gasteiger partial charge in [0.1, 0.15) is 0 Å². The summed E-state index contributed by atoms with van der Waals surface area (Å²) in [5.41, 5.74) is -0.680. The molecule has 1 aliphatic heterocycles. The second-order valence-electron chi connectivity index (χ2n) is 5.90. The molecule has 4 nitrogen and oxygen atoms in total. The number of benzene rings is 1. The molecule has 128 valence electrons. The van der Waals surface area contributed by atoms with E-state index < -0.39 is 17.8 Å². The summed E-state index contributed by atoms with van der Waals surface area (Å²) in [4.78, 5) is 13.9. The molecule has 1 saturated heterocycles. The van der Waals surface area contributed by atoms with Crippen molar-refractivity contribution in [1.29, 1.82) is 0 Å². The quantitative estimate of drug-likeness (QED) is 0.871.